The van der Waals surface area contributed by atoms with E-state index < -0.39 is 0 Å². The van der Waals surface area contributed by atoms with Crippen LogP contribution in [0.3, 0.4) is 0 Å². The molecule has 0 bridgehead atoms. The Bertz CT molecular complexity index is 785. The lowest BCUT2D eigenvalue weighted by molar-refractivity contribution is -0.885. The molecule has 2 N–H and O–H groups in total. The summed E-state index contributed by atoms with van der Waals surface area (Å²) in [5.41, 5.74) is 2.23. The van der Waals surface area contributed by atoms with Crippen molar-refractivity contribution in [3.63, 3.8) is 0 Å². The van der Waals surface area contributed by atoms with Crippen LogP contribution in [0, 0.1) is 0 Å². The summed E-state index contributed by atoms with van der Waals surface area (Å²) in [5.74, 6) is 0.336. The number of likely N-dealkylation sites (N-methyl/N-ethyl adjacent to an activating group) is 1. The zero-order valence-corrected chi connectivity index (χ0v) is 16.4. The van der Waals surface area contributed by atoms with E-state index in [1.54, 1.807) is 37.3 Å². The molecule has 0 heterocycles. The molecule has 148 valence electrons. The molecule has 6 heteroatoms. The molecule has 0 saturated heterocycles. The van der Waals surface area contributed by atoms with Gasteiger partial charge in [-0.05, 0) is 55.5 Å². The van der Waals surface area contributed by atoms with Crippen LogP contribution < -0.4 is 15.0 Å². The van der Waals surface area contributed by atoms with Crippen molar-refractivity contribution >= 4 is 17.6 Å². The summed E-state index contributed by atoms with van der Waals surface area (Å²) in [6, 6.07) is 14.5. The van der Waals surface area contributed by atoms with Gasteiger partial charge in [-0.2, -0.15) is 0 Å². The quantitative estimate of drug-likeness (QED) is 0.487. The molecule has 0 radical (unpaired) electrons. The average Bonchev–Trinajstić information content (AvgIpc) is 2.68. The standard InChI is InChI=1S/C22H26N2O4/c1-4-14-28-20-12-6-17(7-13-20)15-24(3)16-21(25)23-19-10-8-18(9-11-19)22(26)27-5-2/h4,6-13H,1,5,14-16H2,2-3H3,(H,23,25)/p+1. The Kier molecular flexibility index (Phi) is 8.24. The molecular formula is C22H27N2O4+. The molecular weight excluding hydrogens is 356 g/mol. The minimum absolute atomic E-state index is 0.0904. The maximum absolute atomic E-state index is 12.3. The molecule has 1 unspecified atom stereocenters. The largest absolute Gasteiger partial charge is 0.490 e. The fourth-order valence-electron chi connectivity index (χ4n) is 2.65. The zero-order valence-electron chi connectivity index (χ0n) is 16.4. The van der Waals surface area contributed by atoms with Crippen molar-refractivity contribution in [1.29, 1.82) is 0 Å². The third-order valence-electron chi connectivity index (χ3n) is 3.94. The van der Waals surface area contributed by atoms with Crippen LogP contribution in [-0.2, 0) is 16.1 Å². The highest BCUT2D eigenvalue weighted by Gasteiger charge is 2.12. The summed E-state index contributed by atoms with van der Waals surface area (Å²) in [7, 11) is 1.96. The Labute approximate surface area is 165 Å². The topological polar surface area (TPSA) is 69.1 Å². The molecule has 1 amide bonds. The number of ether oxygens (including phenoxy) is 2. The van der Waals surface area contributed by atoms with E-state index in [0.717, 1.165) is 22.8 Å². The van der Waals surface area contributed by atoms with Gasteiger partial charge in [0, 0.05) is 11.3 Å². The van der Waals surface area contributed by atoms with Gasteiger partial charge in [0.15, 0.2) is 6.54 Å². The molecule has 2 rings (SSSR count). The van der Waals surface area contributed by atoms with Crippen molar-refractivity contribution in [3.8, 4) is 5.75 Å². The summed E-state index contributed by atoms with van der Waals surface area (Å²) in [6.45, 7) is 7.24. The van der Waals surface area contributed by atoms with Crippen molar-refractivity contribution in [2.75, 3.05) is 32.1 Å². The van der Waals surface area contributed by atoms with Crippen molar-refractivity contribution in [2.45, 2.75) is 13.5 Å². The van der Waals surface area contributed by atoms with E-state index in [0.29, 0.717) is 31.0 Å². The molecule has 2 aromatic carbocycles. The van der Waals surface area contributed by atoms with Crippen molar-refractivity contribution in [2.24, 2.45) is 0 Å². The zero-order chi connectivity index (χ0) is 20.4. The van der Waals surface area contributed by atoms with Gasteiger partial charge >= 0.3 is 5.97 Å². The Morgan fingerprint density at radius 1 is 1.11 bits per heavy atom. The SMILES string of the molecule is C=CCOc1ccc(C[NH+](C)CC(=O)Nc2ccc(C(=O)OCC)cc2)cc1. The smallest absolute Gasteiger partial charge is 0.338 e. The van der Waals surface area contributed by atoms with Gasteiger partial charge in [0.05, 0.1) is 19.2 Å². The van der Waals surface area contributed by atoms with Gasteiger partial charge in [-0.15, -0.1) is 0 Å². The van der Waals surface area contributed by atoms with Crippen LogP contribution in [0.25, 0.3) is 0 Å². The van der Waals surface area contributed by atoms with Gasteiger partial charge in [0.1, 0.15) is 18.9 Å². The number of anilines is 1. The van der Waals surface area contributed by atoms with E-state index in [-0.39, 0.29) is 11.9 Å². The van der Waals surface area contributed by atoms with Gasteiger partial charge < -0.3 is 19.7 Å². The number of hydrogen-bond donors (Lipinski definition) is 2. The first kappa shape index (κ1) is 21.2. The Hall–Kier alpha value is -3.12. The number of nitrogens with one attached hydrogen (secondary N) is 2. The van der Waals surface area contributed by atoms with Crippen molar-refractivity contribution in [3.05, 3.63) is 72.3 Å². The van der Waals surface area contributed by atoms with Gasteiger partial charge in [-0.25, -0.2) is 4.79 Å². The molecule has 0 spiro atoms. The van der Waals surface area contributed by atoms with Gasteiger partial charge in [0.25, 0.3) is 5.91 Å². The Balaban J connectivity index is 1.81. The number of carbonyl (C=O) groups excluding carboxylic acids is 2. The van der Waals surface area contributed by atoms with Crippen LogP contribution in [0.1, 0.15) is 22.8 Å². The van der Waals surface area contributed by atoms with Gasteiger partial charge in [0.2, 0.25) is 0 Å². The van der Waals surface area contributed by atoms with E-state index in [1.165, 1.54) is 0 Å². The van der Waals surface area contributed by atoms with E-state index in [9.17, 15) is 9.59 Å². The highest BCUT2D eigenvalue weighted by molar-refractivity contribution is 5.93. The van der Waals surface area contributed by atoms with Crippen LogP contribution in [0.4, 0.5) is 5.69 Å². The van der Waals surface area contributed by atoms with Crippen LogP contribution in [-0.4, -0.2) is 38.7 Å². The first-order valence-electron chi connectivity index (χ1n) is 9.22. The number of rotatable bonds is 10. The van der Waals surface area contributed by atoms with Crippen LogP contribution in [0.2, 0.25) is 0 Å². The minimum Gasteiger partial charge on any atom is -0.490 e. The number of benzene rings is 2. The lowest BCUT2D eigenvalue weighted by Crippen LogP contribution is -3.08. The molecule has 0 aromatic heterocycles. The number of quaternary nitrogens is 1. The third-order valence-corrected chi connectivity index (χ3v) is 3.94. The predicted octanol–water partition coefficient (Wildman–Crippen LogP) is 2.08. The second-order valence-electron chi connectivity index (χ2n) is 6.40. The predicted molar refractivity (Wildman–Crippen MR) is 109 cm³/mol. The number of amides is 1. The minimum atomic E-state index is -0.370. The lowest BCUT2D eigenvalue weighted by atomic mass is 10.2. The molecule has 1 atom stereocenters. The Morgan fingerprint density at radius 2 is 1.79 bits per heavy atom. The fraction of sp³-hybridized carbons (Fsp3) is 0.273. The third kappa shape index (κ3) is 6.89. The summed E-state index contributed by atoms with van der Waals surface area (Å²) >= 11 is 0. The first-order chi connectivity index (χ1) is 13.5. The van der Waals surface area contributed by atoms with Crippen molar-refractivity contribution < 1.29 is 24.0 Å². The van der Waals surface area contributed by atoms with Crippen molar-refractivity contribution in [1.82, 2.24) is 0 Å². The molecule has 0 saturated carbocycles. The molecule has 6 nitrogen and oxygen atoms in total. The Morgan fingerprint density at radius 3 is 2.39 bits per heavy atom. The van der Waals surface area contributed by atoms with E-state index in [4.69, 9.17) is 9.47 Å². The normalized spacial score (nSPS) is 11.4. The summed E-state index contributed by atoms with van der Waals surface area (Å²) in [5, 5.41) is 2.85. The summed E-state index contributed by atoms with van der Waals surface area (Å²) in [4.78, 5) is 25.0. The maximum atomic E-state index is 12.3. The molecule has 0 aliphatic heterocycles. The molecule has 0 fully saturated rings. The molecule has 2 aromatic rings. The van der Waals surface area contributed by atoms with Gasteiger partial charge in [-0.1, -0.05) is 12.7 Å². The fourth-order valence-corrected chi connectivity index (χ4v) is 2.65. The van der Waals surface area contributed by atoms with E-state index in [1.807, 2.05) is 31.3 Å². The van der Waals surface area contributed by atoms with Gasteiger partial charge in [-0.3, -0.25) is 4.79 Å². The molecule has 0 aliphatic rings. The monoisotopic (exact) mass is 383 g/mol. The highest BCUT2D eigenvalue weighted by atomic mass is 16.5. The second kappa shape index (κ2) is 10.9. The maximum Gasteiger partial charge on any atom is 0.338 e. The number of carbonyl (C=O) groups is 2. The average molecular weight is 383 g/mol. The van der Waals surface area contributed by atoms with E-state index >= 15 is 0 Å². The number of esters is 1. The lowest BCUT2D eigenvalue weighted by Gasteiger charge is -2.14. The summed E-state index contributed by atoms with van der Waals surface area (Å²) in [6.07, 6.45) is 1.70. The van der Waals surface area contributed by atoms with Crippen LogP contribution in [0.5, 0.6) is 5.75 Å². The summed E-state index contributed by atoms with van der Waals surface area (Å²) < 4.78 is 10.4. The van der Waals surface area contributed by atoms with Crippen LogP contribution >= 0.6 is 0 Å². The number of hydrogen-bond acceptors (Lipinski definition) is 4. The van der Waals surface area contributed by atoms with E-state index in [2.05, 4.69) is 11.9 Å². The van der Waals surface area contributed by atoms with Crippen LogP contribution in [0.15, 0.2) is 61.2 Å². The highest BCUT2D eigenvalue weighted by Crippen LogP contribution is 2.12. The molecule has 0 aliphatic carbocycles. The first-order valence-corrected chi connectivity index (χ1v) is 9.22. The molecule has 28 heavy (non-hydrogen) atoms. The second-order valence-corrected chi connectivity index (χ2v) is 6.40.